The lowest BCUT2D eigenvalue weighted by Gasteiger charge is -2.14. The monoisotopic (exact) mass is 342 g/mol. The predicted molar refractivity (Wildman–Crippen MR) is 99.8 cm³/mol. The van der Waals surface area contributed by atoms with Gasteiger partial charge in [0.05, 0.1) is 17.5 Å². The molecule has 0 bridgehead atoms. The van der Waals surface area contributed by atoms with Crippen molar-refractivity contribution in [1.82, 2.24) is 19.9 Å². The first kappa shape index (κ1) is 17.6. The normalized spacial score (nSPS) is 17.0. The molecule has 1 aliphatic heterocycles. The van der Waals surface area contributed by atoms with Crippen LogP contribution in [0.5, 0.6) is 0 Å². The molecule has 7 heteroatoms. The van der Waals surface area contributed by atoms with Crippen molar-refractivity contribution in [2.45, 2.75) is 18.9 Å². The summed E-state index contributed by atoms with van der Waals surface area (Å²) in [5.74, 6) is 1.40. The summed E-state index contributed by atoms with van der Waals surface area (Å²) in [5, 5.41) is 6.67. The predicted octanol–water partition coefficient (Wildman–Crippen LogP) is 2.10. The lowest BCUT2D eigenvalue weighted by Crippen LogP contribution is -2.22. The van der Waals surface area contributed by atoms with E-state index in [9.17, 15) is 0 Å². The number of aromatic nitrogens is 3. The largest absolute Gasteiger partial charge is 0.376 e. The van der Waals surface area contributed by atoms with Crippen molar-refractivity contribution in [3.05, 3.63) is 30.5 Å². The van der Waals surface area contributed by atoms with Crippen LogP contribution in [0.25, 0.3) is 11.4 Å². The third-order valence-corrected chi connectivity index (χ3v) is 4.03. The van der Waals surface area contributed by atoms with Crippen LogP contribution in [0.2, 0.25) is 0 Å². The minimum Gasteiger partial charge on any atom is -0.376 e. The van der Waals surface area contributed by atoms with Gasteiger partial charge in [0.2, 0.25) is 5.95 Å². The SMILES string of the molecule is CN(C)CCNc1nc(NC[C@@H]2CCCO2)cc(-c2ccccn2)n1. The zero-order valence-electron chi connectivity index (χ0n) is 14.9. The van der Waals surface area contributed by atoms with E-state index in [1.54, 1.807) is 6.20 Å². The van der Waals surface area contributed by atoms with Crippen molar-refractivity contribution in [2.75, 3.05) is 51.0 Å². The van der Waals surface area contributed by atoms with Crippen molar-refractivity contribution in [3.63, 3.8) is 0 Å². The molecule has 25 heavy (non-hydrogen) atoms. The second-order valence-electron chi connectivity index (χ2n) is 6.42. The fourth-order valence-electron chi connectivity index (χ4n) is 2.68. The Labute approximate surface area is 148 Å². The smallest absolute Gasteiger partial charge is 0.225 e. The maximum atomic E-state index is 5.67. The van der Waals surface area contributed by atoms with Crippen LogP contribution in [0.3, 0.4) is 0 Å². The molecule has 3 heterocycles. The third kappa shape index (κ3) is 5.37. The fraction of sp³-hybridized carbons (Fsp3) is 0.500. The lowest BCUT2D eigenvalue weighted by atomic mass is 10.2. The number of hydrogen-bond acceptors (Lipinski definition) is 7. The molecule has 0 radical (unpaired) electrons. The second-order valence-corrected chi connectivity index (χ2v) is 6.42. The molecule has 0 aliphatic carbocycles. The van der Waals surface area contributed by atoms with E-state index < -0.39 is 0 Å². The van der Waals surface area contributed by atoms with Gasteiger partial charge in [0.1, 0.15) is 5.82 Å². The highest BCUT2D eigenvalue weighted by molar-refractivity contribution is 5.60. The Morgan fingerprint density at radius 1 is 1.20 bits per heavy atom. The van der Waals surface area contributed by atoms with E-state index in [2.05, 4.69) is 30.5 Å². The summed E-state index contributed by atoms with van der Waals surface area (Å²) >= 11 is 0. The maximum Gasteiger partial charge on any atom is 0.225 e. The van der Waals surface area contributed by atoms with E-state index in [1.165, 1.54) is 0 Å². The summed E-state index contributed by atoms with van der Waals surface area (Å²) < 4.78 is 5.67. The molecular formula is C18H26N6O. The topological polar surface area (TPSA) is 75.2 Å². The average molecular weight is 342 g/mol. The second kappa shape index (κ2) is 8.73. The average Bonchev–Trinajstić information content (AvgIpc) is 3.14. The zero-order chi connectivity index (χ0) is 17.5. The summed E-state index contributed by atoms with van der Waals surface area (Å²) in [6, 6.07) is 7.75. The van der Waals surface area contributed by atoms with E-state index in [4.69, 9.17) is 4.74 Å². The lowest BCUT2D eigenvalue weighted by molar-refractivity contribution is 0.120. The molecule has 0 amide bonds. The first-order valence-electron chi connectivity index (χ1n) is 8.75. The standard InChI is InChI=1S/C18H26N6O/c1-24(2)10-9-20-18-22-16(15-7-3-4-8-19-15)12-17(23-18)21-13-14-6-5-11-25-14/h3-4,7-8,12,14H,5-6,9-11,13H2,1-2H3,(H2,20,21,22,23)/t14-/m0/s1. The highest BCUT2D eigenvalue weighted by Gasteiger charge is 2.16. The molecule has 7 nitrogen and oxygen atoms in total. The van der Waals surface area contributed by atoms with Crippen LogP contribution in [0.15, 0.2) is 30.5 Å². The number of hydrogen-bond donors (Lipinski definition) is 2. The molecule has 0 spiro atoms. The molecule has 2 N–H and O–H groups in total. The fourth-order valence-corrected chi connectivity index (χ4v) is 2.68. The van der Waals surface area contributed by atoms with Gasteiger partial charge in [0, 0.05) is 38.5 Å². The van der Waals surface area contributed by atoms with Gasteiger partial charge in [-0.15, -0.1) is 0 Å². The van der Waals surface area contributed by atoms with Gasteiger partial charge in [-0.1, -0.05) is 6.07 Å². The molecule has 0 saturated carbocycles. The summed E-state index contributed by atoms with van der Waals surface area (Å²) in [6.45, 7) is 3.31. The highest BCUT2D eigenvalue weighted by Crippen LogP contribution is 2.20. The van der Waals surface area contributed by atoms with Gasteiger partial charge in [0.15, 0.2) is 0 Å². The number of pyridine rings is 1. The molecule has 134 valence electrons. The number of rotatable bonds is 8. The molecule has 2 aromatic heterocycles. The van der Waals surface area contributed by atoms with E-state index >= 15 is 0 Å². The van der Waals surface area contributed by atoms with Gasteiger partial charge < -0.3 is 20.3 Å². The number of nitrogens with one attached hydrogen (secondary N) is 2. The Morgan fingerprint density at radius 2 is 2.12 bits per heavy atom. The summed E-state index contributed by atoms with van der Waals surface area (Å²) in [6.07, 6.45) is 4.26. The van der Waals surface area contributed by atoms with Gasteiger partial charge in [0.25, 0.3) is 0 Å². The Hall–Kier alpha value is -2.25. The van der Waals surface area contributed by atoms with E-state index in [0.717, 1.165) is 56.3 Å². The molecule has 1 saturated heterocycles. The van der Waals surface area contributed by atoms with Gasteiger partial charge in [-0.2, -0.15) is 4.98 Å². The maximum absolute atomic E-state index is 5.67. The molecule has 0 unspecified atom stereocenters. The van der Waals surface area contributed by atoms with Gasteiger partial charge in [-0.25, -0.2) is 4.98 Å². The number of ether oxygens (including phenoxy) is 1. The quantitative estimate of drug-likeness (QED) is 0.761. The van der Waals surface area contributed by atoms with Gasteiger partial charge in [-0.05, 0) is 39.1 Å². The van der Waals surface area contributed by atoms with E-state index in [1.807, 2.05) is 38.4 Å². The molecule has 3 rings (SSSR count). The van der Waals surface area contributed by atoms with E-state index in [0.29, 0.717) is 5.95 Å². The van der Waals surface area contributed by atoms with Crippen LogP contribution >= 0.6 is 0 Å². The Bertz CT molecular complexity index is 658. The Kier molecular flexibility index (Phi) is 6.14. The highest BCUT2D eigenvalue weighted by atomic mass is 16.5. The third-order valence-electron chi connectivity index (χ3n) is 4.03. The number of anilines is 2. The van der Waals surface area contributed by atoms with Crippen molar-refractivity contribution < 1.29 is 4.74 Å². The number of nitrogens with zero attached hydrogens (tertiary/aromatic N) is 4. The van der Waals surface area contributed by atoms with Crippen molar-refractivity contribution in [2.24, 2.45) is 0 Å². The van der Waals surface area contributed by atoms with Crippen LogP contribution in [-0.4, -0.2) is 66.3 Å². The minimum atomic E-state index is 0.262. The van der Waals surface area contributed by atoms with Crippen LogP contribution < -0.4 is 10.6 Å². The Balaban J connectivity index is 1.75. The van der Waals surface area contributed by atoms with Crippen molar-refractivity contribution >= 4 is 11.8 Å². The molecular weight excluding hydrogens is 316 g/mol. The van der Waals surface area contributed by atoms with Crippen molar-refractivity contribution in [1.29, 1.82) is 0 Å². The Morgan fingerprint density at radius 3 is 2.84 bits per heavy atom. The molecule has 1 atom stereocenters. The van der Waals surface area contributed by atoms with Crippen LogP contribution in [-0.2, 0) is 4.74 Å². The van der Waals surface area contributed by atoms with Crippen molar-refractivity contribution in [3.8, 4) is 11.4 Å². The molecule has 0 aromatic carbocycles. The first-order valence-corrected chi connectivity index (χ1v) is 8.75. The first-order chi connectivity index (χ1) is 12.2. The summed E-state index contributed by atoms with van der Waals surface area (Å²) in [4.78, 5) is 15.7. The molecule has 2 aromatic rings. The summed E-state index contributed by atoms with van der Waals surface area (Å²) in [7, 11) is 4.09. The minimum absolute atomic E-state index is 0.262. The van der Waals surface area contributed by atoms with Crippen LogP contribution in [0.1, 0.15) is 12.8 Å². The van der Waals surface area contributed by atoms with Gasteiger partial charge >= 0.3 is 0 Å². The summed E-state index contributed by atoms with van der Waals surface area (Å²) in [5.41, 5.74) is 1.64. The van der Waals surface area contributed by atoms with Crippen LogP contribution in [0, 0.1) is 0 Å². The van der Waals surface area contributed by atoms with Gasteiger partial charge in [-0.3, -0.25) is 4.98 Å². The zero-order valence-corrected chi connectivity index (χ0v) is 14.9. The van der Waals surface area contributed by atoms with E-state index in [-0.39, 0.29) is 6.10 Å². The number of likely N-dealkylation sites (N-methyl/N-ethyl adjacent to an activating group) is 1. The molecule has 1 fully saturated rings. The molecule has 1 aliphatic rings. The van der Waals surface area contributed by atoms with Crippen LogP contribution in [0.4, 0.5) is 11.8 Å².